The van der Waals surface area contributed by atoms with E-state index in [4.69, 9.17) is 11.6 Å². The van der Waals surface area contributed by atoms with Gasteiger partial charge in [0.15, 0.2) is 0 Å². The van der Waals surface area contributed by atoms with Crippen LogP contribution in [-0.2, 0) is 0 Å². The Hall–Kier alpha value is -1.26. The molecule has 1 rings (SSSR count). The van der Waals surface area contributed by atoms with Gasteiger partial charge in [-0.2, -0.15) is 0 Å². The molecule has 1 aromatic rings. The summed E-state index contributed by atoms with van der Waals surface area (Å²) in [6, 6.07) is 6.89. The third-order valence-corrected chi connectivity index (χ3v) is 1.33. The van der Waals surface area contributed by atoms with E-state index in [2.05, 4.69) is 11.3 Å². The van der Waals surface area contributed by atoms with Gasteiger partial charge in [0.25, 0.3) is 0 Å². The van der Waals surface area contributed by atoms with Crippen molar-refractivity contribution < 1.29 is 4.79 Å². The zero-order valence-electron chi connectivity index (χ0n) is 5.67. The molecular weight excluding hydrogens is 160 g/mol. The molecule has 0 aliphatic carbocycles. The highest BCUT2D eigenvalue weighted by molar-refractivity contribution is 6.30. The van der Waals surface area contributed by atoms with E-state index in [1.54, 1.807) is 24.3 Å². The molecule has 11 heavy (non-hydrogen) atoms. The molecule has 0 spiro atoms. The van der Waals surface area contributed by atoms with Crippen molar-refractivity contribution >= 4 is 17.9 Å². The van der Waals surface area contributed by atoms with Gasteiger partial charge in [-0.3, -0.25) is 4.79 Å². The molecule has 0 aliphatic heterocycles. The van der Waals surface area contributed by atoms with Crippen LogP contribution >= 0.6 is 11.6 Å². The van der Waals surface area contributed by atoms with Crippen molar-refractivity contribution in [2.24, 2.45) is 0 Å². The van der Waals surface area contributed by atoms with Crippen LogP contribution in [0.4, 0.5) is 0 Å². The lowest BCUT2D eigenvalue weighted by Gasteiger charge is -1.89. The van der Waals surface area contributed by atoms with Crippen LogP contribution < -0.4 is 0 Å². The molecule has 2 heteroatoms. The Bertz CT molecular complexity index is 303. The van der Waals surface area contributed by atoms with E-state index >= 15 is 0 Å². The molecule has 0 N–H and O–H groups in total. The van der Waals surface area contributed by atoms with Gasteiger partial charge in [-0.25, -0.2) is 0 Å². The summed E-state index contributed by atoms with van der Waals surface area (Å²) in [5, 5.41) is 2.26. The fourth-order valence-electron chi connectivity index (χ4n) is 0.700. The summed E-state index contributed by atoms with van der Waals surface area (Å²) < 4.78 is 0. The minimum atomic E-state index is 0.644. The predicted molar refractivity (Wildman–Crippen MR) is 44.6 cm³/mol. The van der Waals surface area contributed by atoms with E-state index in [1.165, 1.54) is 0 Å². The standard InChI is InChI=1S/C9H5ClO/c10-6-5-8-1-3-9(7-11)4-2-8/h1-4,7H. The quantitative estimate of drug-likeness (QED) is 0.459. The van der Waals surface area contributed by atoms with Gasteiger partial charge in [-0.1, -0.05) is 12.1 Å². The van der Waals surface area contributed by atoms with Gasteiger partial charge in [0.1, 0.15) is 6.29 Å². The Labute approximate surface area is 70.0 Å². The summed E-state index contributed by atoms with van der Waals surface area (Å²) in [5.41, 5.74) is 1.45. The lowest BCUT2D eigenvalue weighted by Crippen LogP contribution is -1.78. The molecule has 0 atom stereocenters. The Kier molecular flexibility index (Phi) is 2.71. The van der Waals surface area contributed by atoms with Gasteiger partial charge in [0.2, 0.25) is 0 Å². The van der Waals surface area contributed by atoms with E-state index < -0.39 is 0 Å². The molecule has 0 aromatic heterocycles. The second-order valence-electron chi connectivity index (χ2n) is 1.96. The molecular formula is C9H5ClO. The van der Waals surface area contributed by atoms with E-state index in [9.17, 15) is 4.79 Å². The summed E-state index contributed by atoms with van der Waals surface area (Å²) in [7, 11) is 0. The first kappa shape index (κ1) is 7.84. The van der Waals surface area contributed by atoms with Crippen LogP contribution in [0.3, 0.4) is 0 Å². The van der Waals surface area contributed by atoms with Gasteiger partial charge >= 0.3 is 0 Å². The highest BCUT2D eigenvalue weighted by Crippen LogP contribution is 2.00. The van der Waals surface area contributed by atoms with Gasteiger partial charge in [0, 0.05) is 16.5 Å². The maximum atomic E-state index is 10.2. The Balaban J connectivity index is 2.97. The fraction of sp³-hybridized carbons (Fsp3) is 0. The lowest BCUT2D eigenvalue weighted by molar-refractivity contribution is 0.112. The van der Waals surface area contributed by atoms with Crippen LogP contribution in [0.5, 0.6) is 0 Å². The fourth-order valence-corrected chi connectivity index (χ4v) is 0.809. The predicted octanol–water partition coefficient (Wildman–Crippen LogP) is 2.05. The zero-order chi connectivity index (χ0) is 8.10. The second-order valence-corrected chi connectivity index (χ2v) is 2.15. The maximum Gasteiger partial charge on any atom is 0.150 e. The Morgan fingerprint density at radius 3 is 2.36 bits per heavy atom. The van der Waals surface area contributed by atoms with Gasteiger partial charge in [0.05, 0.1) is 0 Å². The molecule has 1 nitrogen and oxygen atoms in total. The van der Waals surface area contributed by atoms with Gasteiger partial charge in [-0.15, -0.1) is 0 Å². The van der Waals surface area contributed by atoms with Crippen LogP contribution in [0.1, 0.15) is 15.9 Å². The molecule has 0 saturated carbocycles. The largest absolute Gasteiger partial charge is 0.298 e. The van der Waals surface area contributed by atoms with Gasteiger partial charge < -0.3 is 0 Å². The van der Waals surface area contributed by atoms with E-state index in [1.807, 2.05) is 0 Å². The van der Waals surface area contributed by atoms with E-state index in [0.717, 1.165) is 11.8 Å². The highest BCUT2D eigenvalue weighted by Gasteiger charge is 1.87. The SMILES string of the molecule is O=Cc1ccc(C#CCl)cc1. The summed E-state index contributed by atoms with van der Waals surface area (Å²) in [6.07, 6.45) is 0.790. The molecule has 0 saturated heterocycles. The molecule has 0 fully saturated rings. The van der Waals surface area contributed by atoms with Crippen LogP contribution in [0.25, 0.3) is 0 Å². The first-order valence-electron chi connectivity index (χ1n) is 3.03. The first-order valence-corrected chi connectivity index (χ1v) is 3.41. The number of hydrogen-bond donors (Lipinski definition) is 0. The number of benzene rings is 1. The smallest absolute Gasteiger partial charge is 0.150 e. The van der Waals surface area contributed by atoms with Crippen molar-refractivity contribution in [1.29, 1.82) is 0 Å². The molecule has 0 aliphatic rings. The van der Waals surface area contributed by atoms with Crippen molar-refractivity contribution in [3.8, 4) is 11.3 Å². The first-order chi connectivity index (χ1) is 5.36. The monoisotopic (exact) mass is 164 g/mol. The lowest BCUT2D eigenvalue weighted by atomic mass is 10.2. The van der Waals surface area contributed by atoms with Crippen molar-refractivity contribution in [2.45, 2.75) is 0 Å². The molecule has 1 aromatic carbocycles. The number of rotatable bonds is 1. The number of carbonyl (C=O) groups excluding carboxylic acids is 1. The highest BCUT2D eigenvalue weighted by atomic mass is 35.5. The summed E-state index contributed by atoms with van der Waals surface area (Å²) >= 11 is 5.18. The molecule has 0 radical (unpaired) electrons. The Morgan fingerprint density at radius 1 is 1.27 bits per heavy atom. The van der Waals surface area contributed by atoms with Crippen molar-refractivity contribution in [1.82, 2.24) is 0 Å². The Morgan fingerprint density at radius 2 is 1.91 bits per heavy atom. The van der Waals surface area contributed by atoms with Gasteiger partial charge in [-0.05, 0) is 29.7 Å². The summed E-state index contributed by atoms with van der Waals surface area (Å²) in [4.78, 5) is 10.2. The van der Waals surface area contributed by atoms with Crippen molar-refractivity contribution in [2.75, 3.05) is 0 Å². The van der Waals surface area contributed by atoms with Crippen LogP contribution in [0, 0.1) is 11.3 Å². The number of hydrogen-bond acceptors (Lipinski definition) is 1. The third-order valence-electron chi connectivity index (χ3n) is 1.24. The van der Waals surface area contributed by atoms with Crippen LogP contribution in [0.2, 0.25) is 0 Å². The van der Waals surface area contributed by atoms with Crippen molar-refractivity contribution in [3.05, 3.63) is 35.4 Å². The molecule has 0 bridgehead atoms. The number of aldehydes is 1. The van der Waals surface area contributed by atoms with Crippen LogP contribution in [0.15, 0.2) is 24.3 Å². The molecule has 0 heterocycles. The minimum absolute atomic E-state index is 0.644. The second kappa shape index (κ2) is 3.80. The zero-order valence-corrected chi connectivity index (χ0v) is 6.43. The average molecular weight is 165 g/mol. The number of carbonyl (C=O) groups is 1. The van der Waals surface area contributed by atoms with E-state index in [-0.39, 0.29) is 0 Å². The maximum absolute atomic E-state index is 10.2. The third kappa shape index (κ3) is 2.10. The normalized spacial score (nSPS) is 8.09. The van der Waals surface area contributed by atoms with E-state index in [0.29, 0.717) is 5.56 Å². The topological polar surface area (TPSA) is 17.1 Å². The number of halogens is 1. The van der Waals surface area contributed by atoms with Crippen LogP contribution in [-0.4, -0.2) is 6.29 Å². The molecule has 0 amide bonds. The molecule has 54 valence electrons. The van der Waals surface area contributed by atoms with Crippen molar-refractivity contribution in [3.63, 3.8) is 0 Å². The average Bonchev–Trinajstić information content (AvgIpc) is 2.07. The minimum Gasteiger partial charge on any atom is -0.298 e. The molecule has 0 unspecified atom stereocenters. The summed E-state index contributed by atoms with van der Waals surface area (Å²) in [6.45, 7) is 0. The summed E-state index contributed by atoms with van der Waals surface area (Å²) in [5.74, 6) is 2.66.